The average Bonchev–Trinajstić information content (AvgIpc) is 2.37. The lowest BCUT2D eigenvalue weighted by Crippen LogP contribution is -2.03. The molecule has 0 unspecified atom stereocenters. The van der Waals surface area contributed by atoms with Crippen LogP contribution in [0.3, 0.4) is 0 Å². The van der Waals surface area contributed by atoms with Crippen molar-refractivity contribution >= 4 is 16.9 Å². The van der Waals surface area contributed by atoms with E-state index in [1.807, 2.05) is 0 Å². The number of hydrogen-bond acceptors (Lipinski definition) is 3. The van der Waals surface area contributed by atoms with Crippen molar-refractivity contribution in [2.75, 3.05) is 7.11 Å². The molecule has 0 aliphatic rings. The molecule has 0 fully saturated rings. The number of fused-ring (bicyclic) bond motifs is 1. The van der Waals surface area contributed by atoms with Gasteiger partial charge in [0.15, 0.2) is 11.6 Å². The van der Waals surface area contributed by atoms with E-state index in [-0.39, 0.29) is 12.4 Å². The minimum absolute atomic E-state index is 0.207. The van der Waals surface area contributed by atoms with Gasteiger partial charge in [-0.05, 0) is 12.1 Å². The van der Waals surface area contributed by atoms with Crippen LogP contribution in [0, 0.1) is 11.6 Å². The third-order valence-electron chi connectivity index (χ3n) is 2.60. The highest BCUT2D eigenvalue weighted by Gasteiger charge is 2.07. The van der Waals surface area contributed by atoms with Crippen molar-refractivity contribution in [3.8, 4) is 0 Å². The lowest BCUT2D eigenvalue weighted by molar-refractivity contribution is -0.140. The fraction of sp³-hybridized carbons (Fsp3) is 0.231. The number of carbonyl (C=O) groups is 1. The standard InChI is InChI=1S/C13H11F2NO2/c1-18-13(17)5-4-9-3-2-8-6-10(14)11(15)7-12(8)16-9/h2-3,6-7H,4-5H2,1H3. The third-order valence-corrected chi connectivity index (χ3v) is 2.60. The molecule has 94 valence electrons. The fourth-order valence-electron chi connectivity index (χ4n) is 1.63. The minimum Gasteiger partial charge on any atom is -0.469 e. The van der Waals surface area contributed by atoms with E-state index in [0.717, 1.165) is 12.1 Å². The summed E-state index contributed by atoms with van der Waals surface area (Å²) in [5.41, 5.74) is 1.01. The van der Waals surface area contributed by atoms with E-state index in [2.05, 4.69) is 9.72 Å². The van der Waals surface area contributed by atoms with E-state index in [9.17, 15) is 13.6 Å². The molecule has 0 amide bonds. The van der Waals surface area contributed by atoms with Gasteiger partial charge in [0.05, 0.1) is 19.0 Å². The quantitative estimate of drug-likeness (QED) is 0.787. The number of benzene rings is 1. The molecule has 0 saturated carbocycles. The first-order valence-corrected chi connectivity index (χ1v) is 5.41. The van der Waals surface area contributed by atoms with E-state index < -0.39 is 11.6 Å². The predicted molar refractivity (Wildman–Crippen MR) is 62.0 cm³/mol. The highest BCUT2D eigenvalue weighted by Crippen LogP contribution is 2.17. The second-order valence-electron chi connectivity index (χ2n) is 3.84. The number of ether oxygens (including phenoxy) is 1. The Kier molecular flexibility index (Phi) is 3.50. The molecule has 1 heterocycles. The Labute approximate surface area is 102 Å². The first-order valence-electron chi connectivity index (χ1n) is 5.41. The van der Waals surface area contributed by atoms with Gasteiger partial charge in [-0.25, -0.2) is 8.78 Å². The summed E-state index contributed by atoms with van der Waals surface area (Å²) in [5.74, 6) is -2.16. The van der Waals surface area contributed by atoms with Crippen molar-refractivity contribution in [2.24, 2.45) is 0 Å². The summed E-state index contributed by atoms with van der Waals surface area (Å²) < 4.78 is 30.6. The second kappa shape index (κ2) is 5.08. The molecule has 0 N–H and O–H groups in total. The smallest absolute Gasteiger partial charge is 0.305 e. The summed E-state index contributed by atoms with van der Waals surface area (Å²) in [5, 5.41) is 0.524. The van der Waals surface area contributed by atoms with E-state index in [4.69, 9.17) is 0 Å². The number of hydrogen-bond donors (Lipinski definition) is 0. The maximum atomic E-state index is 13.1. The first kappa shape index (κ1) is 12.4. The molecule has 2 aromatic rings. The van der Waals surface area contributed by atoms with Crippen molar-refractivity contribution in [3.05, 3.63) is 41.6 Å². The Hall–Kier alpha value is -2.04. The van der Waals surface area contributed by atoms with Gasteiger partial charge in [0.1, 0.15) is 0 Å². The number of pyridine rings is 1. The molecule has 5 heteroatoms. The number of aryl methyl sites for hydroxylation is 1. The molecule has 0 radical (unpaired) electrons. The van der Waals surface area contributed by atoms with Gasteiger partial charge in [-0.1, -0.05) is 6.07 Å². The van der Waals surface area contributed by atoms with Crippen molar-refractivity contribution in [1.82, 2.24) is 4.98 Å². The average molecular weight is 251 g/mol. The van der Waals surface area contributed by atoms with Gasteiger partial charge >= 0.3 is 5.97 Å². The lowest BCUT2D eigenvalue weighted by atomic mass is 10.1. The van der Waals surface area contributed by atoms with E-state index >= 15 is 0 Å². The molecular weight excluding hydrogens is 240 g/mol. The highest BCUT2D eigenvalue weighted by atomic mass is 19.2. The number of rotatable bonds is 3. The topological polar surface area (TPSA) is 39.2 Å². The molecule has 0 saturated heterocycles. The Morgan fingerprint density at radius 2 is 2.00 bits per heavy atom. The van der Waals surface area contributed by atoms with Crippen LogP contribution in [0.4, 0.5) is 8.78 Å². The second-order valence-corrected chi connectivity index (χ2v) is 3.84. The molecule has 1 aromatic carbocycles. The molecule has 2 rings (SSSR count). The van der Waals surface area contributed by atoms with E-state index in [1.165, 1.54) is 7.11 Å². The fourth-order valence-corrected chi connectivity index (χ4v) is 1.63. The monoisotopic (exact) mass is 251 g/mol. The normalized spacial score (nSPS) is 10.6. The molecule has 18 heavy (non-hydrogen) atoms. The molecule has 0 atom stereocenters. The molecule has 0 spiro atoms. The molecule has 0 aliphatic heterocycles. The summed E-state index contributed by atoms with van der Waals surface area (Å²) in [6.07, 6.45) is 0.611. The van der Waals surface area contributed by atoms with Crippen LogP contribution in [0.5, 0.6) is 0 Å². The van der Waals surface area contributed by atoms with Crippen molar-refractivity contribution in [2.45, 2.75) is 12.8 Å². The van der Waals surface area contributed by atoms with Gasteiger partial charge in [0.2, 0.25) is 0 Å². The highest BCUT2D eigenvalue weighted by molar-refractivity contribution is 5.79. The van der Waals surface area contributed by atoms with Gasteiger partial charge in [-0.15, -0.1) is 0 Å². The van der Waals surface area contributed by atoms with Gasteiger partial charge in [0, 0.05) is 23.6 Å². The van der Waals surface area contributed by atoms with Crippen molar-refractivity contribution < 1.29 is 18.3 Å². The Bertz CT molecular complexity index is 599. The lowest BCUT2D eigenvalue weighted by Gasteiger charge is -2.03. The van der Waals surface area contributed by atoms with Crippen LogP contribution in [0.15, 0.2) is 24.3 Å². The molecule has 0 bridgehead atoms. The number of halogens is 2. The maximum Gasteiger partial charge on any atom is 0.305 e. The molecule has 0 aliphatic carbocycles. The molecule has 1 aromatic heterocycles. The van der Waals surface area contributed by atoms with Crippen LogP contribution in [-0.2, 0) is 16.0 Å². The van der Waals surface area contributed by atoms with E-state index in [1.54, 1.807) is 12.1 Å². The van der Waals surface area contributed by atoms with Gasteiger partial charge in [-0.2, -0.15) is 0 Å². The largest absolute Gasteiger partial charge is 0.469 e. The number of aromatic nitrogens is 1. The summed E-state index contributed by atoms with van der Waals surface area (Å²) in [7, 11) is 1.31. The summed E-state index contributed by atoms with van der Waals surface area (Å²) in [6.45, 7) is 0. The van der Waals surface area contributed by atoms with Crippen LogP contribution >= 0.6 is 0 Å². The number of esters is 1. The first-order chi connectivity index (χ1) is 8.60. The maximum absolute atomic E-state index is 13.1. The van der Waals surface area contributed by atoms with Gasteiger partial charge < -0.3 is 4.74 Å². The zero-order chi connectivity index (χ0) is 13.1. The number of carbonyl (C=O) groups excluding carboxylic acids is 1. The van der Waals surface area contributed by atoms with Gasteiger partial charge in [0.25, 0.3) is 0 Å². The SMILES string of the molecule is COC(=O)CCc1ccc2cc(F)c(F)cc2n1. The summed E-state index contributed by atoms with van der Waals surface area (Å²) in [6, 6.07) is 5.48. The van der Waals surface area contributed by atoms with Crippen LogP contribution in [0.1, 0.15) is 12.1 Å². The van der Waals surface area contributed by atoms with Gasteiger partial charge in [-0.3, -0.25) is 9.78 Å². The third kappa shape index (κ3) is 2.61. The van der Waals surface area contributed by atoms with Crippen LogP contribution in [0.25, 0.3) is 10.9 Å². The van der Waals surface area contributed by atoms with Crippen LogP contribution < -0.4 is 0 Å². The zero-order valence-corrected chi connectivity index (χ0v) is 9.74. The van der Waals surface area contributed by atoms with Crippen LogP contribution in [0.2, 0.25) is 0 Å². The van der Waals surface area contributed by atoms with Crippen molar-refractivity contribution in [3.63, 3.8) is 0 Å². The minimum atomic E-state index is -0.930. The Morgan fingerprint density at radius 1 is 1.28 bits per heavy atom. The number of methoxy groups -OCH3 is 1. The molecular formula is C13H11F2NO2. The summed E-state index contributed by atoms with van der Waals surface area (Å²) >= 11 is 0. The van der Waals surface area contributed by atoms with Crippen LogP contribution in [-0.4, -0.2) is 18.1 Å². The Morgan fingerprint density at radius 3 is 2.72 bits per heavy atom. The van der Waals surface area contributed by atoms with Crippen molar-refractivity contribution in [1.29, 1.82) is 0 Å². The predicted octanol–water partition coefficient (Wildman–Crippen LogP) is 2.62. The Balaban J connectivity index is 2.27. The summed E-state index contributed by atoms with van der Waals surface area (Å²) in [4.78, 5) is 15.2. The zero-order valence-electron chi connectivity index (χ0n) is 9.74. The number of nitrogens with zero attached hydrogens (tertiary/aromatic N) is 1. The van der Waals surface area contributed by atoms with E-state index in [0.29, 0.717) is 23.0 Å². The molecule has 3 nitrogen and oxygen atoms in total.